The normalized spacial score (nSPS) is 18.2. The molecule has 2 aliphatic rings. The smallest absolute Gasteiger partial charge is 0.181 e. The van der Waals surface area contributed by atoms with Crippen molar-refractivity contribution in [1.29, 1.82) is 0 Å². The summed E-state index contributed by atoms with van der Waals surface area (Å²) in [4.78, 5) is 4.37. The van der Waals surface area contributed by atoms with Crippen LogP contribution in [0.4, 0.5) is 5.13 Å². The maximum absolute atomic E-state index is 5.69. The quantitative estimate of drug-likeness (QED) is 0.680. The summed E-state index contributed by atoms with van der Waals surface area (Å²) in [6, 6.07) is 0. The molecule has 1 aromatic heterocycles. The van der Waals surface area contributed by atoms with Crippen molar-refractivity contribution in [2.45, 2.75) is 13.3 Å². The van der Waals surface area contributed by atoms with Gasteiger partial charge in [0.15, 0.2) is 5.13 Å². The molecule has 0 amide bonds. The second-order valence-corrected chi connectivity index (χ2v) is 4.76. The Bertz CT molecular complexity index is 587. The van der Waals surface area contributed by atoms with Crippen molar-refractivity contribution in [2.24, 2.45) is 0 Å². The molecule has 0 aliphatic heterocycles. The molecule has 0 unspecified atom stereocenters. The fourth-order valence-corrected chi connectivity index (χ4v) is 2.75. The van der Waals surface area contributed by atoms with Gasteiger partial charge in [-0.05, 0) is 30.6 Å². The van der Waals surface area contributed by atoms with Crippen LogP contribution in [0.15, 0.2) is 23.3 Å². The van der Waals surface area contributed by atoms with Gasteiger partial charge in [-0.1, -0.05) is 29.1 Å². The third-order valence-electron chi connectivity index (χ3n) is 2.59. The van der Waals surface area contributed by atoms with E-state index in [4.69, 9.17) is 5.73 Å². The number of thiazole rings is 1. The lowest BCUT2D eigenvalue weighted by Crippen LogP contribution is -2.19. The Kier molecular flexibility index (Phi) is 1.47. The second-order valence-electron chi connectivity index (χ2n) is 3.70. The lowest BCUT2D eigenvalue weighted by atomic mass is 9.96. The third-order valence-corrected chi connectivity index (χ3v) is 3.43. The summed E-state index contributed by atoms with van der Waals surface area (Å²) >= 11 is 1.57. The molecule has 0 saturated heterocycles. The van der Waals surface area contributed by atoms with Crippen molar-refractivity contribution in [1.82, 2.24) is 4.98 Å². The van der Waals surface area contributed by atoms with E-state index in [0.717, 1.165) is 11.8 Å². The van der Waals surface area contributed by atoms with E-state index in [0.29, 0.717) is 5.13 Å². The Morgan fingerprint density at radius 2 is 2.29 bits per heavy atom. The average molecular weight is 202 g/mol. The number of fused-ring (bicyclic) bond motifs is 2. The maximum Gasteiger partial charge on any atom is 0.181 e. The van der Waals surface area contributed by atoms with E-state index in [1.807, 2.05) is 0 Å². The van der Waals surface area contributed by atoms with E-state index in [2.05, 4.69) is 30.1 Å². The van der Waals surface area contributed by atoms with Crippen molar-refractivity contribution < 1.29 is 0 Å². The standard InChI is InChI=1S/C11H10N2S/c1-6-2-3-7-5-9-10(8(7)4-6)13-11(12)14-9/h2-3,5H,4H2,1H3,(H2,12,13). The highest BCUT2D eigenvalue weighted by Crippen LogP contribution is 2.27. The Labute approximate surface area is 85.8 Å². The molecule has 1 heterocycles. The monoisotopic (exact) mass is 202 g/mol. The molecule has 0 radical (unpaired) electrons. The van der Waals surface area contributed by atoms with Crippen molar-refractivity contribution in [3.8, 4) is 0 Å². The van der Waals surface area contributed by atoms with Gasteiger partial charge in [-0.15, -0.1) is 0 Å². The molecule has 3 heteroatoms. The lowest BCUT2D eigenvalue weighted by Gasteiger charge is -2.09. The van der Waals surface area contributed by atoms with Crippen molar-refractivity contribution >= 4 is 28.1 Å². The molecule has 0 spiro atoms. The number of anilines is 1. The zero-order valence-corrected chi connectivity index (χ0v) is 8.69. The topological polar surface area (TPSA) is 38.9 Å². The molecule has 2 aliphatic carbocycles. The molecule has 70 valence electrons. The zero-order chi connectivity index (χ0) is 9.71. The second kappa shape index (κ2) is 2.58. The molecular formula is C11H10N2S. The summed E-state index contributed by atoms with van der Waals surface area (Å²) in [6.45, 7) is 2.15. The minimum absolute atomic E-state index is 0.671. The Morgan fingerprint density at radius 1 is 1.43 bits per heavy atom. The van der Waals surface area contributed by atoms with Gasteiger partial charge in [-0.25, -0.2) is 4.98 Å². The predicted molar refractivity (Wildman–Crippen MR) is 60.1 cm³/mol. The first-order valence-corrected chi connectivity index (χ1v) is 5.41. The van der Waals surface area contributed by atoms with E-state index >= 15 is 0 Å². The highest BCUT2D eigenvalue weighted by molar-refractivity contribution is 7.13. The molecule has 1 aromatic rings. The fraction of sp³-hybridized carbons (Fsp3) is 0.182. The van der Waals surface area contributed by atoms with E-state index in [-0.39, 0.29) is 0 Å². The molecule has 14 heavy (non-hydrogen) atoms. The van der Waals surface area contributed by atoms with Crippen LogP contribution in [0.25, 0.3) is 11.6 Å². The fourth-order valence-electron chi connectivity index (χ4n) is 1.93. The Balaban J connectivity index is 2.35. The maximum atomic E-state index is 5.69. The van der Waals surface area contributed by atoms with Crippen LogP contribution in [-0.4, -0.2) is 4.98 Å². The summed E-state index contributed by atoms with van der Waals surface area (Å²) in [5.74, 6) is 0. The molecule has 3 rings (SSSR count). The summed E-state index contributed by atoms with van der Waals surface area (Å²) in [6.07, 6.45) is 7.54. The summed E-state index contributed by atoms with van der Waals surface area (Å²) in [7, 11) is 0. The van der Waals surface area contributed by atoms with E-state index in [1.54, 1.807) is 11.3 Å². The summed E-state index contributed by atoms with van der Waals surface area (Å²) < 4.78 is 1.21. The number of rotatable bonds is 0. The molecule has 0 atom stereocenters. The first-order valence-electron chi connectivity index (χ1n) is 4.59. The Morgan fingerprint density at radius 3 is 3.14 bits per heavy atom. The van der Waals surface area contributed by atoms with Gasteiger partial charge in [0.05, 0.1) is 9.88 Å². The van der Waals surface area contributed by atoms with Crippen LogP contribution >= 0.6 is 11.3 Å². The highest BCUT2D eigenvalue weighted by atomic mass is 32.1. The van der Waals surface area contributed by atoms with Crippen molar-refractivity contribution in [2.75, 3.05) is 5.73 Å². The number of nitrogens with zero attached hydrogens (tertiary/aromatic N) is 1. The average Bonchev–Trinajstić information content (AvgIpc) is 2.62. The van der Waals surface area contributed by atoms with Crippen LogP contribution in [0.5, 0.6) is 0 Å². The van der Waals surface area contributed by atoms with Crippen LogP contribution in [0, 0.1) is 0 Å². The summed E-state index contributed by atoms with van der Waals surface area (Å²) in [5, 5.41) is 1.77. The molecule has 0 fully saturated rings. The van der Waals surface area contributed by atoms with Gasteiger partial charge in [-0.3, -0.25) is 0 Å². The van der Waals surface area contributed by atoms with Gasteiger partial charge in [0, 0.05) is 0 Å². The third kappa shape index (κ3) is 0.990. The molecule has 2 nitrogen and oxygen atoms in total. The minimum Gasteiger partial charge on any atom is -0.375 e. The highest BCUT2D eigenvalue weighted by Gasteiger charge is 2.16. The van der Waals surface area contributed by atoms with Gasteiger partial charge in [0.1, 0.15) is 0 Å². The van der Waals surface area contributed by atoms with Gasteiger partial charge in [-0.2, -0.15) is 0 Å². The molecule has 0 aromatic carbocycles. The van der Waals surface area contributed by atoms with Crippen molar-refractivity contribution in [3.05, 3.63) is 33.2 Å². The first kappa shape index (κ1) is 8.00. The number of hydrogen-bond donors (Lipinski definition) is 1. The molecule has 0 bridgehead atoms. The van der Waals surface area contributed by atoms with Crippen LogP contribution < -0.4 is 15.6 Å². The van der Waals surface area contributed by atoms with Gasteiger partial charge in [0.2, 0.25) is 0 Å². The predicted octanol–water partition coefficient (Wildman–Crippen LogP) is 0.947. The number of hydrogen-bond acceptors (Lipinski definition) is 3. The van der Waals surface area contributed by atoms with Crippen LogP contribution in [0.1, 0.15) is 13.3 Å². The largest absolute Gasteiger partial charge is 0.375 e. The minimum atomic E-state index is 0.671. The first-order chi connectivity index (χ1) is 6.74. The number of nitrogens with two attached hydrogens (primary N) is 1. The Hall–Kier alpha value is -1.35. The van der Waals surface area contributed by atoms with Crippen LogP contribution in [0.3, 0.4) is 0 Å². The lowest BCUT2D eigenvalue weighted by molar-refractivity contribution is 1.18. The summed E-state index contributed by atoms with van der Waals surface area (Å²) in [5.41, 5.74) is 9.72. The van der Waals surface area contributed by atoms with Crippen molar-refractivity contribution in [3.63, 3.8) is 0 Å². The van der Waals surface area contributed by atoms with E-state index < -0.39 is 0 Å². The van der Waals surface area contributed by atoms with Gasteiger partial charge >= 0.3 is 0 Å². The number of aromatic nitrogens is 1. The molecule has 2 N–H and O–H groups in total. The van der Waals surface area contributed by atoms with Gasteiger partial charge in [0.25, 0.3) is 0 Å². The van der Waals surface area contributed by atoms with E-state index in [9.17, 15) is 0 Å². The SMILES string of the molecule is CC1=CC=C2C=c3sc(N)nc3=C2C1. The van der Waals surface area contributed by atoms with Crippen LogP contribution in [0.2, 0.25) is 0 Å². The zero-order valence-electron chi connectivity index (χ0n) is 7.87. The van der Waals surface area contributed by atoms with E-state index in [1.165, 1.54) is 21.3 Å². The number of allylic oxidation sites excluding steroid dienone is 4. The number of nitrogen functional groups attached to an aromatic ring is 1. The van der Waals surface area contributed by atoms with Crippen LogP contribution in [-0.2, 0) is 0 Å². The molecule has 0 saturated carbocycles. The van der Waals surface area contributed by atoms with Gasteiger partial charge < -0.3 is 5.73 Å². The molecular weight excluding hydrogens is 192 g/mol.